The van der Waals surface area contributed by atoms with E-state index < -0.39 is 0 Å². The molecule has 130 valence electrons. The molecule has 0 fully saturated rings. The van der Waals surface area contributed by atoms with Crippen molar-refractivity contribution in [3.05, 3.63) is 65.7 Å². The lowest BCUT2D eigenvalue weighted by Crippen LogP contribution is -2.39. The fourth-order valence-corrected chi connectivity index (χ4v) is 2.98. The van der Waals surface area contributed by atoms with E-state index in [2.05, 4.69) is 32.9 Å². The van der Waals surface area contributed by atoms with Gasteiger partial charge in [0.1, 0.15) is 5.75 Å². The number of rotatable bonds is 8. The Bertz CT molecular complexity index is 602. The van der Waals surface area contributed by atoms with Gasteiger partial charge in [-0.15, -0.1) is 0 Å². The minimum atomic E-state index is -0.302. The van der Waals surface area contributed by atoms with Crippen molar-refractivity contribution in [2.24, 2.45) is 5.73 Å². The van der Waals surface area contributed by atoms with Crippen LogP contribution < -0.4 is 10.5 Å². The van der Waals surface area contributed by atoms with Crippen molar-refractivity contribution in [1.82, 2.24) is 0 Å². The summed E-state index contributed by atoms with van der Waals surface area (Å²) in [7, 11) is 0. The first-order valence-electron chi connectivity index (χ1n) is 8.61. The van der Waals surface area contributed by atoms with Crippen molar-refractivity contribution in [2.75, 3.05) is 0 Å². The van der Waals surface area contributed by atoms with Gasteiger partial charge in [0.2, 0.25) is 0 Å². The summed E-state index contributed by atoms with van der Waals surface area (Å²) < 4.78 is 11.6. The highest BCUT2D eigenvalue weighted by atomic mass is 16.7. The Morgan fingerprint density at radius 3 is 2.17 bits per heavy atom. The molecule has 0 aliphatic rings. The molecule has 0 amide bonds. The van der Waals surface area contributed by atoms with Gasteiger partial charge < -0.3 is 15.2 Å². The normalized spacial score (nSPS) is 14.2. The molecule has 2 aromatic carbocycles. The summed E-state index contributed by atoms with van der Waals surface area (Å²) >= 11 is 0. The Hall–Kier alpha value is -1.84. The average molecular weight is 327 g/mol. The molecule has 0 heterocycles. The van der Waals surface area contributed by atoms with Crippen molar-refractivity contribution in [2.45, 2.75) is 58.5 Å². The third-order valence-electron chi connectivity index (χ3n) is 4.22. The highest BCUT2D eigenvalue weighted by Crippen LogP contribution is 2.30. The first kappa shape index (κ1) is 18.5. The van der Waals surface area contributed by atoms with Crippen molar-refractivity contribution < 1.29 is 9.47 Å². The number of nitrogens with two attached hydrogens (primary N) is 1. The maximum absolute atomic E-state index is 6.28. The molecule has 0 spiro atoms. The van der Waals surface area contributed by atoms with Gasteiger partial charge in [-0.05, 0) is 50.5 Å². The maximum Gasteiger partial charge on any atom is 0.197 e. The minimum Gasteiger partial charge on any atom is -0.465 e. The van der Waals surface area contributed by atoms with Gasteiger partial charge in [-0.2, -0.15) is 0 Å². The van der Waals surface area contributed by atoms with Crippen LogP contribution >= 0.6 is 0 Å². The smallest absolute Gasteiger partial charge is 0.197 e. The van der Waals surface area contributed by atoms with Crippen LogP contribution in [0.4, 0.5) is 0 Å². The van der Waals surface area contributed by atoms with Crippen molar-refractivity contribution in [1.29, 1.82) is 0 Å². The number of benzene rings is 2. The zero-order valence-electron chi connectivity index (χ0n) is 15.2. The summed E-state index contributed by atoms with van der Waals surface area (Å²) in [5.74, 6) is 1.14. The van der Waals surface area contributed by atoms with E-state index in [4.69, 9.17) is 15.2 Å². The standard InChI is InChI=1S/C21H29NO2/c1-5-20(21(3,4)22)18-11-13-19(14-12-18)24-16(2)23-15-17-9-7-6-8-10-17/h6-14,16,20H,5,15,22H2,1-4H3. The van der Waals surface area contributed by atoms with Crippen LogP contribution in [0.1, 0.15) is 51.2 Å². The van der Waals surface area contributed by atoms with Crippen LogP contribution in [0, 0.1) is 0 Å². The Balaban J connectivity index is 1.91. The van der Waals surface area contributed by atoms with Gasteiger partial charge in [0.25, 0.3) is 0 Å². The SMILES string of the molecule is CCC(c1ccc(OC(C)OCc2ccccc2)cc1)C(C)(C)N. The Labute approximate surface area is 145 Å². The van der Waals surface area contributed by atoms with Crippen LogP contribution in [0.3, 0.4) is 0 Å². The molecule has 0 radical (unpaired) electrons. The zero-order chi connectivity index (χ0) is 17.6. The van der Waals surface area contributed by atoms with E-state index in [9.17, 15) is 0 Å². The third-order valence-corrected chi connectivity index (χ3v) is 4.22. The van der Waals surface area contributed by atoms with Gasteiger partial charge in [0, 0.05) is 11.5 Å². The van der Waals surface area contributed by atoms with E-state index >= 15 is 0 Å². The second-order valence-corrected chi connectivity index (χ2v) is 6.83. The second-order valence-electron chi connectivity index (χ2n) is 6.83. The topological polar surface area (TPSA) is 44.5 Å². The summed E-state index contributed by atoms with van der Waals surface area (Å²) in [5.41, 5.74) is 8.44. The van der Waals surface area contributed by atoms with Crippen LogP contribution in [0.15, 0.2) is 54.6 Å². The zero-order valence-corrected chi connectivity index (χ0v) is 15.2. The molecule has 0 aliphatic carbocycles. The first-order valence-corrected chi connectivity index (χ1v) is 8.61. The molecule has 2 atom stereocenters. The summed E-state index contributed by atoms with van der Waals surface area (Å²) in [6.07, 6.45) is 0.712. The Morgan fingerprint density at radius 1 is 1.00 bits per heavy atom. The van der Waals surface area contributed by atoms with Gasteiger partial charge in [-0.25, -0.2) is 0 Å². The van der Waals surface area contributed by atoms with Crippen molar-refractivity contribution >= 4 is 0 Å². The quantitative estimate of drug-likeness (QED) is 0.704. The maximum atomic E-state index is 6.28. The van der Waals surface area contributed by atoms with Crippen LogP contribution in [-0.4, -0.2) is 11.8 Å². The van der Waals surface area contributed by atoms with E-state index in [-0.39, 0.29) is 11.8 Å². The van der Waals surface area contributed by atoms with Gasteiger partial charge >= 0.3 is 0 Å². The molecule has 24 heavy (non-hydrogen) atoms. The number of ether oxygens (including phenoxy) is 2. The van der Waals surface area contributed by atoms with E-state index in [1.807, 2.05) is 49.4 Å². The molecule has 0 bridgehead atoms. The molecule has 0 saturated carbocycles. The number of hydrogen-bond acceptors (Lipinski definition) is 3. The molecule has 3 nitrogen and oxygen atoms in total. The molecular weight excluding hydrogens is 298 g/mol. The highest BCUT2D eigenvalue weighted by Gasteiger charge is 2.24. The van der Waals surface area contributed by atoms with E-state index in [0.717, 1.165) is 17.7 Å². The molecule has 3 heteroatoms. The summed E-state index contributed by atoms with van der Waals surface area (Å²) in [6.45, 7) is 8.77. The fourth-order valence-electron chi connectivity index (χ4n) is 2.98. The van der Waals surface area contributed by atoms with Gasteiger partial charge in [0.15, 0.2) is 6.29 Å². The van der Waals surface area contributed by atoms with Crippen LogP contribution in [0.25, 0.3) is 0 Å². The molecule has 2 aromatic rings. The Kier molecular flexibility index (Phi) is 6.41. The highest BCUT2D eigenvalue weighted by molar-refractivity contribution is 5.31. The molecule has 0 saturated heterocycles. The van der Waals surface area contributed by atoms with E-state index in [0.29, 0.717) is 12.5 Å². The second kappa shape index (κ2) is 8.32. The van der Waals surface area contributed by atoms with Gasteiger partial charge in [-0.3, -0.25) is 0 Å². The number of hydrogen-bond donors (Lipinski definition) is 1. The summed E-state index contributed by atoms with van der Waals surface area (Å²) in [5, 5.41) is 0. The summed E-state index contributed by atoms with van der Waals surface area (Å²) in [6, 6.07) is 18.3. The minimum absolute atomic E-state index is 0.233. The lowest BCUT2D eigenvalue weighted by Gasteiger charge is -2.30. The lowest BCUT2D eigenvalue weighted by molar-refractivity contribution is -0.0759. The van der Waals surface area contributed by atoms with Crippen LogP contribution in [0.5, 0.6) is 5.75 Å². The van der Waals surface area contributed by atoms with E-state index in [1.165, 1.54) is 5.56 Å². The summed E-state index contributed by atoms with van der Waals surface area (Å²) in [4.78, 5) is 0. The van der Waals surface area contributed by atoms with Gasteiger partial charge in [-0.1, -0.05) is 49.4 Å². The predicted octanol–water partition coefficient (Wildman–Crippen LogP) is 4.86. The molecular formula is C21H29NO2. The lowest BCUT2D eigenvalue weighted by atomic mass is 9.81. The molecule has 2 rings (SSSR count). The van der Waals surface area contributed by atoms with Crippen molar-refractivity contribution in [3.8, 4) is 5.75 Å². The third kappa shape index (κ3) is 5.36. The predicted molar refractivity (Wildman–Crippen MR) is 99.1 cm³/mol. The van der Waals surface area contributed by atoms with Crippen molar-refractivity contribution in [3.63, 3.8) is 0 Å². The molecule has 2 unspecified atom stereocenters. The average Bonchev–Trinajstić information content (AvgIpc) is 2.55. The Morgan fingerprint density at radius 2 is 1.62 bits per heavy atom. The van der Waals surface area contributed by atoms with E-state index in [1.54, 1.807) is 0 Å². The fraction of sp³-hybridized carbons (Fsp3) is 0.429. The molecule has 0 aromatic heterocycles. The monoisotopic (exact) mass is 327 g/mol. The van der Waals surface area contributed by atoms with Crippen LogP contribution in [-0.2, 0) is 11.3 Å². The first-order chi connectivity index (χ1) is 11.4. The molecule has 0 aliphatic heterocycles. The largest absolute Gasteiger partial charge is 0.465 e. The van der Waals surface area contributed by atoms with Gasteiger partial charge in [0.05, 0.1) is 6.61 Å². The van der Waals surface area contributed by atoms with Crippen LogP contribution in [0.2, 0.25) is 0 Å². The molecule has 2 N–H and O–H groups in total.